The minimum Gasteiger partial charge on any atom is -0.349 e. The highest BCUT2D eigenvalue weighted by Gasteiger charge is 2.34. The summed E-state index contributed by atoms with van der Waals surface area (Å²) in [6.07, 6.45) is 3.65. The van der Waals surface area contributed by atoms with Crippen LogP contribution in [-0.2, 0) is 23.1 Å². The molecule has 0 aliphatic carbocycles. The highest BCUT2D eigenvalue weighted by atomic mass is 32.2. The molecule has 2 rings (SSSR count). The van der Waals surface area contributed by atoms with Crippen molar-refractivity contribution >= 4 is 10.0 Å². The molecule has 0 spiro atoms. The lowest BCUT2D eigenvalue weighted by atomic mass is 9.96. The first-order valence-electron chi connectivity index (χ1n) is 7.79. The number of aryl methyl sites for hydroxylation is 1. The minimum atomic E-state index is -3.38. The van der Waals surface area contributed by atoms with Crippen LogP contribution in [0.5, 0.6) is 0 Å². The van der Waals surface area contributed by atoms with Crippen molar-refractivity contribution in [2.45, 2.75) is 51.6 Å². The van der Waals surface area contributed by atoms with E-state index in [1.165, 1.54) is 0 Å². The van der Waals surface area contributed by atoms with E-state index in [4.69, 9.17) is 5.73 Å². The molecule has 1 saturated heterocycles. The molecule has 120 valence electrons. The maximum Gasteiger partial charge on any atom is 0.244 e. The molecule has 1 aromatic rings. The SMILES string of the molecule is CCCn1cc(S(=O)(=O)N2CCC(C(C)C)C2)cc1CN. The molecule has 1 aliphatic rings. The van der Waals surface area contributed by atoms with Gasteiger partial charge in [0, 0.05) is 38.1 Å². The monoisotopic (exact) mass is 313 g/mol. The Morgan fingerprint density at radius 2 is 2.14 bits per heavy atom. The molecule has 0 saturated carbocycles. The molecular weight excluding hydrogens is 286 g/mol. The Morgan fingerprint density at radius 3 is 2.67 bits per heavy atom. The van der Waals surface area contributed by atoms with Crippen LogP contribution in [0.1, 0.15) is 39.3 Å². The van der Waals surface area contributed by atoms with Gasteiger partial charge >= 0.3 is 0 Å². The first-order chi connectivity index (χ1) is 9.90. The van der Waals surface area contributed by atoms with Crippen molar-refractivity contribution in [3.05, 3.63) is 18.0 Å². The van der Waals surface area contributed by atoms with Gasteiger partial charge in [-0.3, -0.25) is 0 Å². The molecule has 5 nitrogen and oxygen atoms in total. The number of rotatable bonds is 6. The Labute approximate surface area is 128 Å². The average Bonchev–Trinajstić information content (AvgIpc) is 3.06. The van der Waals surface area contributed by atoms with Gasteiger partial charge in [0.05, 0.1) is 0 Å². The van der Waals surface area contributed by atoms with Gasteiger partial charge in [-0.1, -0.05) is 20.8 Å². The Morgan fingerprint density at radius 1 is 1.43 bits per heavy atom. The van der Waals surface area contributed by atoms with Crippen molar-refractivity contribution in [3.8, 4) is 0 Å². The molecule has 21 heavy (non-hydrogen) atoms. The molecule has 1 aliphatic heterocycles. The van der Waals surface area contributed by atoms with Gasteiger partial charge in [0.2, 0.25) is 10.0 Å². The van der Waals surface area contributed by atoms with Crippen LogP contribution in [0.2, 0.25) is 0 Å². The predicted octanol–water partition coefficient (Wildman–Crippen LogP) is 2.02. The molecule has 1 atom stereocenters. The lowest BCUT2D eigenvalue weighted by Gasteiger charge is -2.17. The largest absolute Gasteiger partial charge is 0.349 e. The van der Waals surface area contributed by atoms with Crippen LogP contribution in [0.4, 0.5) is 0 Å². The van der Waals surface area contributed by atoms with E-state index in [-0.39, 0.29) is 0 Å². The summed E-state index contributed by atoms with van der Waals surface area (Å²) >= 11 is 0. The zero-order chi connectivity index (χ0) is 15.6. The van der Waals surface area contributed by atoms with E-state index in [9.17, 15) is 8.42 Å². The van der Waals surface area contributed by atoms with Gasteiger partial charge in [-0.05, 0) is 30.7 Å². The third-order valence-corrected chi connectivity index (χ3v) is 6.23. The van der Waals surface area contributed by atoms with Crippen LogP contribution in [0.3, 0.4) is 0 Å². The summed E-state index contributed by atoms with van der Waals surface area (Å²) in [6.45, 7) is 8.82. The summed E-state index contributed by atoms with van der Waals surface area (Å²) in [5, 5.41) is 0. The van der Waals surface area contributed by atoms with Crippen molar-refractivity contribution in [2.24, 2.45) is 17.6 Å². The molecular formula is C15H27N3O2S. The maximum atomic E-state index is 12.8. The van der Waals surface area contributed by atoms with Gasteiger partial charge < -0.3 is 10.3 Å². The van der Waals surface area contributed by atoms with Crippen LogP contribution >= 0.6 is 0 Å². The topological polar surface area (TPSA) is 68.3 Å². The Bertz CT molecular complexity index is 578. The Kier molecular flexibility index (Phi) is 5.11. The second-order valence-corrected chi connectivity index (χ2v) is 8.16. The van der Waals surface area contributed by atoms with E-state index in [0.717, 1.165) is 25.1 Å². The smallest absolute Gasteiger partial charge is 0.244 e. The van der Waals surface area contributed by atoms with Crippen LogP contribution in [-0.4, -0.2) is 30.4 Å². The van der Waals surface area contributed by atoms with Crippen LogP contribution in [0.25, 0.3) is 0 Å². The number of nitrogens with two attached hydrogens (primary N) is 1. The van der Waals surface area contributed by atoms with Gasteiger partial charge in [0.1, 0.15) is 4.90 Å². The fourth-order valence-electron chi connectivity index (χ4n) is 2.95. The molecule has 1 fully saturated rings. The van der Waals surface area contributed by atoms with Crippen molar-refractivity contribution in [1.82, 2.24) is 8.87 Å². The number of hydrogen-bond acceptors (Lipinski definition) is 3. The first kappa shape index (κ1) is 16.5. The first-order valence-corrected chi connectivity index (χ1v) is 9.23. The molecule has 0 radical (unpaired) electrons. The highest BCUT2D eigenvalue weighted by Crippen LogP contribution is 2.29. The average molecular weight is 313 g/mol. The van der Waals surface area contributed by atoms with Crippen molar-refractivity contribution in [3.63, 3.8) is 0 Å². The molecule has 0 bridgehead atoms. The zero-order valence-electron chi connectivity index (χ0n) is 13.2. The van der Waals surface area contributed by atoms with Gasteiger partial charge in [-0.15, -0.1) is 0 Å². The highest BCUT2D eigenvalue weighted by molar-refractivity contribution is 7.89. The zero-order valence-corrected chi connectivity index (χ0v) is 14.1. The second-order valence-electron chi connectivity index (χ2n) is 6.22. The number of sulfonamides is 1. The molecule has 0 aromatic carbocycles. The standard InChI is InChI=1S/C15H27N3O2S/c1-4-6-17-11-15(8-14(17)9-16)21(19,20)18-7-5-13(10-18)12(2)3/h8,11-13H,4-7,9-10,16H2,1-3H3. The summed E-state index contributed by atoms with van der Waals surface area (Å²) in [6, 6.07) is 1.73. The Hall–Kier alpha value is -0.850. The van der Waals surface area contributed by atoms with Crippen molar-refractivity contribution < 1.29 is 8.42 Å². The van der Waals surface area contributed by atoms with E-state index in [0.29, 0.717) is 36.4 Å². The fourth-order valence-corrected chi connectivity index (χ4v) is 4.53. The van der Waals surface area contributed by atoms with E-state index in [1.54, 1.807) is 16.6 Å². The van der Waals surface area contributed by atoms with Crippen LogP contribution in [0.15, 0.2) is 17.2 Å². The minimum absolute atomic E-state index is 0.365. The molecule has 6 heteroatoms. The van der Waals surface area contributed by atoms with E-state index >= 15 is 0 Å². The summed E-state index contributed by atoms with van der Waals surface area (Å²) in [7, 11) is -3.38. The van der Waals surface area contributed by atoms with E-state index < -0.39 is 10.0 Å². The summed E-state index contributed by atoms with van der Waals surface area (Å²) < 4.78 is 29.1. The number of hydrogen-bond donors (Lipinski definition) is 1. The predicted molar refractivity (Wildman–Crippen MR) is 84.3 cm³/mol. The molecule has 2 N–H and O–H groups in total. The summed E-state index contributed by atoms with van der Waals surface area (Å²) in [4.78, 5) is 0.390. The van der Waals surface area contributed by atoms with Gasteiger partial charge in [-0.2, -0.15) is 4.31 Å². The fraction of sp³-hybridized carbons (Fsp3) is 0.733. The lowest BCUT2D eigenvalue weighted by molar-refractivity contribution is 0.388. The summed E-state index contributed by atoms with van der Waals surface area (Å²) in [5.74, 6) is 0.987. The van der Waals surface area contributed by atoms with E-state index in [1.807, 2.05) is 4.57 Å². The molecule has 2 heterocycles. The quantitative estimate of drug-likeness (QED) is 0.873. The van der Waals surface area contributed by atoms with E-state index in [2.05, 4.69) is 20.8 Å². The van der Waals surface area contributed by atoms with Crippen molar-refractivity contribution in [1.29, 1.82) is 0 Å². The molecule has 0 amide bonds. The van der Waals surface area contributed by atoms with Crippen LogP contribution in [0, 0.1) is 11.8 Å². The number of nitrogens with zero attached hydrogens (tertiary/aromatic N) is 2. The van der Waals surface area contributed by atoms with Crippen molar-refractivity contribution in [2.75, 3.05) is 13.1 Å². The lowest BCUT2D eigenvalue weighted by Crippen LogP contribution is -2.29. The van der Waals surface area contributed by atoms with Gasteiger partial charge in [0.15, 0.2) is 0 Å². The third-order valence-electron chi connectivity index (χ3n) is 4.40. The third kappa shape index (κ3) is 3.33. The second kappa shape index (κ2) is 6.50. The van der Waals surface area contributed by atoms with Gasteiger partial charge in [0.25, 0.3) is 0 Å². The molecule has 1 aromatic heterocycles. The normalized spacial score (nSPS) is 20.5. The van der Waals surface area contributed by atoms with Gasteiger partial charge in [-0.25, -0.2) is 8.42 Å². The maximum absolute atomic E-state index is 12.8. The molecule has 1 unspecified atom stereocenters. The summed E-state index contributed by atoms with van der Waals surface area (Å²) in [5.41, 5.74) is 6.61. The Balaban J connectivity index is 2.24. The van der Waals surface area contributed by atoms with Crippen LogP contribution < -0.4 is 5.73 Å². The number of aromatic nitrogens is 1.